The number of halogens is 2. The monoisotopic (exact) mass is 293 g/mol. The summed E-state index contributed by atoms with van der Waals surface area (Å²) in [5.41, 5.74) is 5.52. The van der Waals surface area contributed by atoms with Crippen molar-refractivity contribution in [3.8, 4) is 11.5 Å². The summed E-state index contributed by atoms with van der Waals surface area (Å²) in [6.07, 6.45) is 0. The van der Waals surface area contributed by atoms with Crippen molar-refractivity contribution in [1.29, 1.82) is 0 Å². The van der Waals surface area contributed by atoms with E-state index in [-0.39, 0.29) is 29.4 Å². The number of hydrogen-bond donors (Lipinski definition) is 1. The summed E-state index contributed by atoms with van der Waals surface area (Å²) >= 11 is 0. The molecule has 0 amide bonds. The van der Waals surface area contributed by atoms with Crippen molar-refractivity contribution in [3.05, 3.63) is 53.6 Å². The van der Waals surface area contributed by atoms with E-state index in [0.717, 1.165) is 18.2 Å². The van der Waals surface area contributed by atoms with Gasteiger partial charge >= 0.3 is 5.97 Å². The smallest absolute Gasteiger partial charge is 0.340 e. The summed E-state index contributed by atoms with van der Waals surface area (Å²) in [5.74, 6) is -2.09. The third-order valence-corrected chi connectivity index (χ3v) is 2.62. The first-order chi connectivity index (χ1) is 10.0. The van der Waals surface area contributed by atoms with Crippen LogP contribution in [0.4, 0.5) is 14.5 Å². The molecule has 21 heavy (non-hydrogen) atoms. The topological polar surface area (TPSA) is 61.5 Å². The maximum Gasteiger partial charge on any atom is 0.340 e. The van der Waals surface area contributed by atoms with Crippen molar-refractivity contribution >= 4 is 11.7 Å². The van der Waals surface area contributed by atoms with Crippen molar-refractivity contribution in [2.45, 2.75) is 6.92 Å². The first kappa shape index (κ1) is 14.8. The van der Waals surface area contributed by atoms with E-state index < -0.39 is 17.6 Å². The Labute approximate surface area is 120 Å². The number of benzene rings is 2. The highest BCUT2D eigenvalue weighted by atomic mass is 19.1. The Balaban J connectivity index is 2.35. The fourth-order valence-electron chi connectivity index (χ4n) is 1.69. The predicted molar refractivity (Wildman–Crippen MR) is 73.2 cm³/mol. The van der Waals surface area contributed by atoms with Crippen molar-refractivity contribution in [2.75, 3.05) is 12.3 Å². The fraction of sp³-hybridized carbons (Fsp3) is 0.133. The van der Waals surface area contributed by atoms with Crippen molar-refractivity contribution in [2.24, 2.45) is 0 Å². The molecule has 0 fully saturated rings. The van der Waals surface area contributed by atoms with Crippen LogP contribution in [-0.4, -0.2) is 12.6 Å². The van der Waals surface area contributed by atoms with Gasteiger partial charge in [-0.25, -0.2) is 13.6 Å². The Morgan fingerprint density at radius 2 is 2.00 bits per heavy atom. The summed E-state index contributed by atoms with van der Waals surface area (Å²) in [4.78, 5) is 11.7. The predicted octanol–water partition coefficient (Wildman–Crippen LogP) is 3.52. The van der Waals surface area contributed by atoms with Crippen LogP contribution in [0, 0.1) is 11.6 Å². The van der Waals surface area contributed by atoms with Gasteiger partial charge in [0, 0.05) is 23.9 Å². The van der Waals surface area contributed by atoms with Crippen molar-refractivity contribution in [1.82, 2.24) is 0 Å². The maximum atomic E-state index is 13.8. The molecule has 2 rings (SSSR count). The zero-order valence-corrected chi connectivity index (χ0v) is 11.2. The SMILES string of the molecule is CCOC(=O)c1cc(Oc2cccc(F)c2)c(F)cc1N. The van der Waals surface area contributed by atoms with Crippen LogP contribution in [0.1, 0.15) is 17.3 Å². The fourth-order valence-corrected chi connectivity index (χ4v) is 1.69. The highest BCUT2D eigenvalue weighted by molar-refractivity contribution is 5.95. The van der Waals surface area contributed by atoms with E-state index in [0.29, 0.717) is 0 Å². The van der Waals surface area contributed by atoms with E-state index >= 15 is 0 Å². The van der Waals surface area contributed by atoms with Crippen LogP contribution in [0.5, 0.6) is 11.5 Å². The van der Waals surface area contributed by atoms with Crippen LogP contribution >= 0.6 is 0 Å². The van der Waals surface area contributed by atoms with Crippen LogP contribution in [0.15, 0.2) is 36.4 Å². The summed E-state index contributed by atoms with van der Waals surface area (Å²) in [7, 11) is 0. The van der Waals surface area contributed by atoms with Crippen LogP contribution in [0.2, 0.25) is 0 Å². The molecule has 0 spiro atoms. The number of carbonyl (C=O) groups excluding carboxylic acids is 1. The van der Waals surface area contributed by atoms with Gasteiger partial charge < -0.3 is 15.2 Å². The van der Waals surface area contributed by atoms with E-state index in [9.17, 15) is 13.6 Å². The van der Waals surface area contributed by atoms with E-state index in [1.54, 1.807) is 6.92 Å². The molecule has 0 unspecified atom stereocenters. The Kier molecular flexibility index (Phi) is 4.37. The number of rotatable bonds is 4. The van der Waals surface area contributed by atoms with Crippen molar-refractivity contribution < 1.29 is 23.0 Å². The molecule has 0 heterocycles. The highest BCUT2D eigenvalue weighted by Gasteiger charge is 2.16. The van der Waals surface area contributed by atoms with E-state index in [1.807, 2.05) is 0 Å². The molecule has 0 aliphatic rings. The molecular formula is C15H13F2NO3. The summed E-state index contributed by atoms with van der Waals surface area (Å²) < 4.78 is 36.9. The van der Waals surface area contributed by atoms with Gasteiger partial charge in [-0.1, -0.05) is 6.07 Å². The minimum Gasteiger partial charge on any atom is -0.462 e. The average Bonchev–Trinajstić information content (AvgIpc) is 2.42. The Morgan fingerprint density at radius 1 is 1.24 bits per heavy atom. The number of ether oxygens (including phenoxy) is 2. The van der Waals surface area contributed by atoms with Gasteiger partial charge in [-0.05, 0) is 19.1 Å². The van der Waals surface area contributed by atoms with Gasteiger partial charge in [0.15, 0.2) is 11.6 Å². The number of carbonyl (C=O) groups is 1. The minimum atomic E-state index is -0.759. The summed E-state index contributed by atoms with van der Waals surface area (Å²) in [6, 6.07) is 7.31. The quantitative estimate of drug-likeness (QED) is 0.692. The second-order valence-corrected chi connectivity index (χ2v) is 4.15. The lowest BCUT2D eigenvalue weighted by Gasteiger charge is -2.11. The third kappa shape index (κ3) is 3.47. The molecule has 0 saturated heterocycles. The van der Waals surface area contributed by atoms with Crippen LogP contribution in [-0.2, 0) is 4.74 Å². The first-order valence-electron chi connectivity index (χ1n) is 6.20. The first-order valence-corrected chi connectivity index (χ1v) is 6.20. The number of nitrogens with two attached hydrogens (primary N) is 1. The van der Waals surface area contributed by atoms with E-state index in [1.165, 1.54) is 18.2 Å². The molecule has 0 aromatic heterocycles. The summed E-state index contributed by atoms with van der Waals surface area (Å²) in [5, 5.41) is 0. The minimum absolute atomic E-state index is 0.00958. The standard InChI is InChI=1S/C15H13F2NO3/c1-2-20-15(19)11-7-14(12(17)8-13(11)18)21-10-5-3-4-9(16)6-10/h3-8H,2,18H2,1H3. The molecule has 6 heteroatoms. The molecule has 2 aromatic rings. The van der Waals surface area contributed by atoms with Gasteiger partial charge in [-0.3, -0.25) is 0 Å². The summed E-state index contributed by atoms with van der Waals surface area (Å²) in [6.45, 7) is 1.80. The molecule has 4 nitrogen and oxygen atoms in total. The Bertz CT molecular complexity index is 674. The molecule has 0 aliphatic heterocycles. The molecule has 0 atom stereocenters. The molecule has 2 aromatic carbocycles. The lowest BCUT2D eigenvalue weighted by Crippen LogP contribution is -2.09. The molecule has 0 radical (unpaired) electrons. The molecule has 0 aliphatic carbocycles. The van der Waals surface area contributed by atoms with Gasteiger partial charge in [0.25, 0.3) is 0 Å². The van der Waals surface area contributed by atoms with Gasteiger partial charge in [0.05, 0.1) is 12.2 Å². The second kappa shape index (κ2) is 6.21. The number of anilines is 1. The van der Waals surface area contributed by atoms with Crippen LogP contribution < -0.4 is 10.5 Å². The zero-order valence-electron chi connectivity index (χ0n) is 11.2. The molecule has 2 N–H and O–H groups in total. The van der Waals surface area contributed by atoms with Gasteiger partial charge in [-0.2, -0.15) is 0 Å². The largest absolute Gasteiger partial charge is 0.462 e. The molecular weight excluding hydrogens is 280 g/mol. The van der Waals surface area contributed by atoms with E-state index in [4.69, 9.17) is 15.2 Å². The third-order valence-electron chi connectivity index (χ3n) is 2.62. The second-order valence-electron chi connectivity index (χ2n) is 4.15. The van der Waals surface area contributed by atoms with Gasteiger partial charge in [-0.15, -0.1) is 0 Å². The number of nitrogen functional groups attached to an aromatic ring is 1. The van der Waals surface area contributed by atoms with Crippen LogP contribution in [0.3, 0.4) is 0 Å². The van der Waals surface area contributed by atoms with Gasteiger partial charge in [0.1, 0.15) is 11.6 Å². The zero-order chi connectivity index (χ0) is 15.4. The van der Waals surface area contributed by atoms with Crippen molar-refractivity contribution in [3.63, 3.8) is 0 Å². The lowest BCUT2D eigenvalue weighted by molar-refractivity contribution is 0.0527. The number of hydrogen-bond acceptors (Lipinski definition) is 4. The molecule has 0 bridgehead atoms. The molecule has 0 saturated carbocycles. The maximum absolute atomic E-state index is 13.8. The van der Waals surface area contributed by atoms with Gasteiger partial charge in [0.2, 0.25) is 0 Å². The number of esters is 1. The highest BCUT2D eigenvalue weighted by Crippen LogP contribution is 2.29. The van der Waals surface area contributed by atoms with E-state index in [2.05, 4.69) is 0 Å². The Morgan fingerprint density at radius 3 is 2.67 bits per heavy atom. The Hall–Kier alpha value is -2.63. The average molecular weight is 293 g/mol. The lowest BCUT2D eigenvalue weighted by atomic mass is 10.1. The normalized spacial score (nSPS) is 10.2. The molecule has 110 valence electrons. The van der Waals surface area contributed by atoms with Crippen LogP contribution in [0.25, 0.3) is 0 Å².